The third-order valence-electron chi connectivity index (χ3n) is 7.91. The lowest BCUT2D eigenvalue weighted by Gasteiger charge is -2.40. The number of aliphatic hydroxyl groups is 1. The number of rotatable bonds is 5. The maximum atomic E-state index is 13.4. The summed E-state index contributed by atoms with van der Waals surface area (Å²) in [6.45, 7) is 2.81. The van der Waals surface area contributed by atoms with Crippen LogP contribution in [0.15, 0.2) is 30.5 Å². The second kappa shape index (κ2) is 10.1. The number of fused-ring (bicyclic) bond motifs is 3. The molecule has 12 nitrogen and oxygen atoms in total. The molecular formula is C26H31N9O3. The Bertz CT molecular complexity index is 1340. The van der Waals surface area contributed by atoms with E-state index in [4.69, 9.17) is 0 Å². The maximum absolute atomic E-state index is 13.4. The number of aromatic nitrogens is 6. The van der Waals surface area contributed by atoms with Gasteiger partial charge in [0.15, 0.2) is 0 Å². The zero-order valence-corrected chi connectivity index (χ0v) is 21.3. The van der Waals surface area contributed by atoms with Crippen molar-refractivity contribution < 1.29 is 14.7 Å². The molecule has 3 aliphatic rings. The van der Waals surface area contributed by atoms with E-state index >= 15 is 0 Å². The molecule has 38 heavy (non-hydrogen) atoms. The van der Waals surface area contributed by atoms with Crippen molar-refractivity contribution in [3.05, 3.63) is 47.3 Å². The number of hydrogen-bond donors (Lipinski definition) is 2. The van der Waals surface area contributed by atoms with Crippen molar-refractivity contribution in [1.82, 2.24) is 40.0 Å². The summed E-state index contributed by atoms with van der Waals surface area (Å²) in [5, 5.41) is 23.9. The first-order valence-electron chi connectivity index (χ1n) is 13.2. The van der Waals surface area contributed by atoms with Gasteiger partial charge in [-0.05, 0) is 85.2 Å². The zero-order chi connectivity index (χ0) is 26.2. The molecule has 0 aromatic carbocycles. The summed E-state index contributed by atoms with van der Waals surface area (Å²) in [5.41, 5.74) is 2.75. The minimum atomic E-state index is -0.390. The molecule has 2 bridgehead atoms. The maximum Gasteiger partial charge on any atom is 0.320 e. The van der Waals surface area contributed by atoms with Gasteiger partial charge in [0.1, 0.15) is 17.2 Å². The average molecular weight is 518 g/mol. The number of piperidine rings is 1. The molecule has 3 amide bonds. The summed E-state index contributed by atoms with van der Waals surface area (Å²) in [6.07, 6.45) is 8.10. The van der Waals surface area contributed by atoms with E-state index < -0.39 is 5.91 Å². The molecule has 3 atom stereocenters. The molecule has 0 radical (unpaired) electrons. The van der Waals surface area contributed by atoms with Crippen molar-refractivity contribution in [3.8, 4) is 11.5 Å². The van der Waals surface area contributed by atoms with Crippen molar-refractivity contribution in [1.29, 1.82) is 0 Å². The van der Waals surface area contributed by atoms with Crippen LogP contribution in [0, 0.1) is 0 Å². The summed E-state index contributed by atoms with van der Waals surface area (Å²) in [5.74, 6) is 0.329. The highest BCUT2D eigenvalue weighted by atomic mass is 16.3. The number of urea groups is 1. The summed E-state index contributed by atoms with van der Waals surface area (Å²) in [6, 6.07) is 7.50. The number of carbonyl (C=O) groups excluding carboxylic acids is 2. The predicted octanol–water partition coefficient (Wildman–Crippen LogP) is 2.43. The highest BCUT2D eigenvalue weighted by Crippen LogP contribution is 2.37. The van der Waals surface area contributed by atoms with Gasteiger partial charge in [-0.3, -0.25) is 9.78 Å². The molecule has 2 unspecified atom stereocenters. The lowest BCUT2D eigenvalue weighted by Crippen LogP contribution is -2.51. The fourth-order valence-corrected chi connectivity index (χ4v) is 5.86. The molecule has 6 rings (SSSR count). The molecule has 12 heteroatoms. The molecule has 2 fully saturated rings. The second-order valence-corrected chi connectivity index (χ2v) is 10.4. The number of nitrogens with zero attached hydrogens (tertiary/aromatic N) is 8. The Morgan fingerprint density at radius 1 is 1.16 bits per heavy atom. The van der Waals surface area contributed by atoms with Crippen molar-refractivity contribution >= 4 is 17.8 Å². The van der Waals surface area contributed by atoms with E-state index in [1.54, 1.807) is 37.4 Å². The van der Waals surface area contributed by atoms with E-state index in [1.807, 2.05) is 4.90 Å². The zero-order valence-electron chi connectivity index (χ0n) is 21.3. The number of anilines is 1. The van der Waals surface area contributed by atoms with Gasteiger partial charge in [0.25, 0.3) is 5.91 Å². The van der Waals surface area contributed by atoms with Gasteiger partial charge < -0.3 is 20.2 Å². The van der Waals surface area contributed by atoms with Crippen LogP contribution in [-0.2, 0) is 13.0 Å². The van der Waals surface area contributed by atoms with Gasteiger partial charge in [0.2, 0.25) is 5.82 Å². The van der Waals surface area contributed by atoms with E-state index in [-0.39, 0.29) is 24.4 Å². The van der Waals surface area contributed by atoms with Crippen molar-refractivity contribution in [3.63, 3.8) is 0 Å². The molecule has 6 heterocycles. The van der Waals surface area contributed by atoms with Crippen LogP contribution in [0.4, 0.5) is 10.6 Å². The normalized spacial score (nSPS) is 21.2. The minimum Gasteiger partial charge on any atom is -0.394 e. The molecule has 3 aliphatic heterocycles. The minimum absolute atomic E-state index is 0.124. The first kappa shape index (κ1) is 24.4. The molecule has 2 N–H and O–H groups in total. The molecule has 3 aromatic heterocycles. The third-order valence-corrected chi connectivity index (χ3v) is 7.91. The predicted molar refractivity (Wildman–Crippen MR) is 137 cm³/mol. The topological polar surface area (TPSA) is 142 Å². The molecule has 0 saturated carbocycles. The smallest absolute Gasteiger partial charge is 0.320 e. The lowest BCUT2D eigenvalue weighted by atomic mass is 10.00. The summed E-state index contributed by atoms with van der Waals surface area (Å²) < 4.78 is 1.49. The Morgan fingerprint density at radius 3 is 2.76 bits per heavy atom. The SMILES string of the molecule is C[C@H](CO)n1nnnc1-c1cccc(NC(=O)c2cc3c(cn2)CCN(C(=O)N2C4CCCC2CC4)C3)n1. The number of tetrazole rings is 1. The van der Waals surface area contributed by atoms with Crippen LogP contribution in [0.2, 0.25) is 0 Å². The third kappa shape index (κ3) is 4.49. The van der Waals surface area contributed by atoms with Crippen LogP contribution in [-0.4, -0.2) is 82.3 Å². The lowest BCUT2D eigenvalue weighted by molar-refractivity contribution is 0.102. The van der Waals surface area contributed by atoms with Crippen LogP contribution in [0.3, 0.4) is 0 Å². The van der Waals surface area contributed by atoms with Gasteiger partial charge in [-0.15, -0.1) is 5.10 Å². The van der Waals surface area contributed by atoms with E-state index in [2.05, 4.69) is 35.7 Å². The second-order valence-electron chi connectivity index (χ2n) is 10.4. The first-order chi connectivity index (χ1) is 18.5. The number of hydrogen-bond acceptors (Lipinski definition) is 8. The van der Waals surface area contributed by atoms with Gasteiger partial charge in [0, 0.05) is 31.4 Å². The first-order valence-corrected chi connectivity index (χ1v) is 13.2. The number of amides is 3. The number of pyridine rings is 2. The van der Waals surface area contributed by atoms with E-state index in [0.29, 0.717) is 42.5 Å². The van der Waals surface area contributed by atoms with Gasteiger partial charge in [-0.2, -0.15) is 0 Å². The quantitative estimate of drug-likeness (QED) is 0.525. The highest BCUT2D eigenvalue weighted by molar-refractivity contribution is 6.02. The van der Waals surface area contributed by atoms with Crippen LogP contribution < -0.4 is 5.32 Å². The molecule has 3 aromatic rings. The largest absolute Gasteiger partial charge is 0.394 e. The Kier molecular flexibility index (Phi) is 6.48. The van der Waals surface area contributed by atoms with Crippen molar-refractivity contribution in [2.75, 3.05) is 18.5 Å². The Labute approximate surface area is 220 Å². The monoisotopic (exact) mass is 517 g/mol. The Balaban J connectivity index is 1.17. The van der Waals surface area contributed by atoms with Gasteiger partial charge in [0.05, 0.1) is 12.6 Å². The molecular weight excluding hydrogens is 486 g/mol. The van der Waals surface area contributed by atoms with Crippen LogP contribution >= 0.6 is 0 Å². The average Bonchev–Trinajstić information content (AvgIpc) is 3.53. The Hall–Kier alpha value is -3.93. The van der Waals surface area contributed by atoms with Crippen LogP contribution in [0.1, 0.15) is 66.7 Å². The van der Waals surface area contributed by atoms with Crippen LogP contribution in [0.5, 0.6) is 0 Å². The van der Waals surface area contributed by atoms with E-state index in [1.165, 1.54) is 11.1 Å². The van der Waals surface area contributed by atoms with Gasteiger partial charge in [-0.25, -0.2) is 14.5 Å². The van der Waals surface area contributed by atoms with Crippen LogP contribution in [0.25, 0.3) is 11.5 Å². The summed E-state index contributed by atoms with van der Waals surface area (Å²) in [7, 11) is 0. The number of aliphatic hydroxyl groups excluding tert-OH is 1. The standard InChI is InChI=1S/C26H31N9O3/c1-16(15-36)35-24(30-31-32-35)21-6-3-7-23(28-21)29-25(37)22-12-18-14-33(11-10-17(18)13-27-22)26(38)34-19-4-2-5-20(34)9-8-19/h3,6-7,12-13,16,19-20,36H,2,4-5,8-11,14-15H2,1H3,(H,28,29,37)/t16-,19?,20?/m1/s1. The molecule has 0 aliphatic carbocycles. The molecule has 2 saturated heterocycles. The summed E-state index contributed by atoms with van der Waals surface area (Å²) >= 11 is 0. The molecule has 0 spiro atoms. The van der Waals surface area contributed by atoms with Gasteiger partial charge in [-0.1, -0.05) is 6.07 Å². The van der Waals surface area contributed by atoms with E-state index in [0.717, 1.165) is 43.2 Å². The van der Waals surface area contributed by atoms with Crippen molar-refractivity contribution in [2.45, 2.75) is 70.1 Å². The number of carbonyl (C=O) groups is 2. The highest BCUT2D eigenvalue weighted by Gasteiger charge is 2.41. The summed E-state index contributed by atoms with van der Waals surface area (Å²) in [4.78, 5) is 39.4. The number of nitrogens with one attached hydrogen (secondary N) is 1. The van der Waals surface area contributed by atoms with E-state index in [9.17, 15) is 14.7 Å². The molecule has 198 valence electrons. The van der Waals surface area contributed by atoms with Crippen molar-refractivity contribution in [2.24, 2.45) is 0 Å². The Morgan fingerprint density at radius 2 is 1.97 bits per heavy atom. The fourth-order valence-electron chi connectivity index (χ4n) is 5.86. The van der Waals surface area contributed by atoms with Gasteiger partial charge >= 0.3 is 6.03 Å². The fraction of sp³-hybridized carbons (Fsp3) is 0.500.